The zero-order valence-corrected chi connectivity index (χ0v) is 5.11. The highest BCUT2D eigenvalue weighted by atomic mass is 35.5. The molecule has 1 heterocycles. The maximum atomic E-state index is 5.36. The Morgan fingerprint density at radius 3 is 2.88 bits per heavy atom. The molecule has 0 saturated heterocycles. The zero-order valence-electron chi connectivity index (χ0n) is 4.35. The predicted molar refractivity (Wildman–Crippen MR) is 30.6 cm³/mol. The van der Waals surface area contributed by atoms with E-state index in [-0.39, 0.29) is 5.28 Å². The summed E-state index contributed by atoms with van der Waals surface area (Å²) in [5.74, 6) is 0. The maximum Gasteiger partial charge on any atom is 0.222 e. The lowest BCUT2D eigenvalue weighted by molar-refractivity contribution is 1.12. The highest BCUT2D eigenvalue weighted by Gasteiger charge is 1.85. The highest BCUT2D eigenvalue weighted by Crippen LogP contribution is 1.96. The van der Waals surface area contributed by atoms with Crippen LogP contribution in [0.25, 0.3) is 0 Å². The molecular formula is C5H4ClN2. The van der Waals surface area contributed by atoms with Crippen LogP contribution in [0.15, 0.2) is 6.20 Å². The standard InChI is InChI=1S/C5H4ClN2/c1-4-2-7-5(6)8-3-4/h2H,1H3. The summed E-state index contributed by atoms with van der Waals surface area (Å²) in [7, 11) is 0. The summed E-state index contributed by atoms with van der Waals surface area (Å²) < 4.78 is 0. The number of aromatic nitrogens is 2. The Hall–Kier alpha value is -0.630. The van der Waals surface area contributed by atoms with Gasteiger partial charge in [0.05, 0.1) is 6.20 Å². The zero-order chi connectivity index (χ0) is 5.98. The second-order valence-corrected chi connectivity index (χ2v) is 1.77. The fourth-order valence-corrected chi connectivity index (χ4v) is 0.433. The van der Waals surface area contributed by atoms with Crippen molar-refractivity contribution in [3.8, 4) is 0 Å². The van der Waals surface area contributed by atoms with E-state index in [0.717, 1.165) is 5.56 Å². The third-order valence-corrected chi connectivity index (χ3v) is 0.871. The van der Waals surface area contributed by atoms with Crippen molar-refractivity contribution in [1.82, 2.24) is 9.97 Å². The van der Waals surface area contributed by atoms with Crippen molar-refractivity contribution in [3.05, 3.63) is 23.2 Å². The van der Waals surface area contributed by atoms with Gasteiger partial charge >= 0.3 is 0 Å². The first kappa shape index (κ1) is 5.51. The number of aryl methyl sites for hydroxylation is 1. The van der Waals surface area contributed by atoms with E-state index < -0.39 is 0 Å². The largest absolute Gasteiger partial charge is 0.226 e. The topological polar surface area (TPSA) is 25.8 Å². The second kappa shape index (κ2) is 2.09. The van der Waals surface area contributed by atoms with Crippen LogP contribution in [0.5, 0.6) is 0 Å². The van der Waals surface area contributed by atoms with Gasteiger partial charge in [-0.25, -0.2) is 9.97 Å². The summed E-state index contributed by atoms with van der Waals surface area (Å²) in [4.78, 5) is 7.31. The van der Waals surface area contributed by atoms with Crippen LogP contribution in [0.2, 0.25) is 5.28 Å². The molecule has 0 N–H and O–H groups in total. The number of hydrogen-bond acceptors (Lipinski definition) is 2. The van der Waals surface area contributed by atoms with E-state index in [4.69, 9.17) is 11.6 Å². The van der Waals surface area contributed by atoms with E-state index in [9.17, 15) is 0 Å². The molecule has 3 heteroatoms. The Kier molecular flexibility index (Phi) is 1.44. The van der Waals surface area contributed by atoms with Crippen molar-refractivity contribution in [3.63, 3.8) is 0 Å². The van der Waals surface area contributed by atoms with Crippen molar-refractivity contribution in [2.75, 3.05) is 0 Å². The Labute approximate surface area is 52.5 Å². The van der Waals surface area contributed by atoms with Gasteiger partial charge in [0, 0.05) is 6.20 Å². The monoisotopic (exact) mass is 127 g/mol. The van der Waals surface area contributed by atoms with Gasteiger partial charge in [0.1, 0.15) is 0 Å². The normalized spacial score (nSPS) is 9.25. The first-order chi connectivity index (χ1) is 3.79. The van der Waals surface area contributed by atoms with E-state index in [1.807, 2.05) is 6.92 Å². The van der Waals surface area contributed by atoms with Crippen LogP contribution >= 0.6 is 11.6 Å². The van der Waals surface area contributed by atoms with Gasteiger partial charge in [0.25, 0.3) is 0 Å². The van der Waals surface area contributed by atoms with Crippen LogP contribution in [0.3, 0.4) is 0 Å². The highest BCUT2D eigenvalue weighted by molar-refractivity contribution is 6.28. The van der Waals surface area contributed by atoms with Crippen molar-refractivity contribution >= 4 is 11.6 Å². The lowest BCUT2D eigenvalue weighted by Gasteiger charge is -1.85. The summed E-state index contributed by atoms with van der Waals surface area (Å²) in [5.41, 5.74) is 0.898. The maximum absolute atomic E-state index is 5.36. The number of hydrogen-bond donors (Lipinski definition) is 0. The Morgan fingerprint density at radius 2 is 2.50 bits per heavy atom. The molecule has 0 bridgehead atoms. The van der Waals surface area contributed by atoms with E-state index in [2.05, 4.69) is 16.2 Å². The molecule has 1 aromatic heterocycles. The lowest BCUT2D eigenvalue weighted by atomic mass is 10.4. The quantitative estimate of drug-likeness (QED) is 0.490. The Balaban J connectivity index is 3.03. The van der Waals surface area contributed by atoms with E-state index in [0.29, 0.717) is 0 Å². The molecule has 0 aliphatic rings. The van der Waals surface area contributed by atoms with Gasteiger partial charge in [0.2, 0.25) is 5.28 Å². The molecule has 1 radical (unpaired) electrons. The fourth-order valence-electron chi connectivity index (χ4n) is 0.342. The summed E-state index contributed by atoms with van der Waals surface area (Å²) in [5, 5.41) is 0.246. The van der Waals surface area contributed by atoms with Crippen LogP contribution in [0.1, 0.15) is 5.56 Å². The molecule has 0 aromatic carbocycles. The summed E-state index contributed by atoms with van der Waals surface area (Å²) >= 11 is 5.36. The average molecular weight is 128 g/mol. The molecule has 0 atom stereocenters. The Bertz CT molecular complexity index is 149. The van der Waals surface area contributed by atoms with Crippen molar-refractivity contribution in [2.24, 2.45) is 0 Å². The summed E-state index contributed by atoms with van der Waals surface area (Å²) in [6.45, 7) is 1.86. The first-order valence-electron chi connectivity index (χ1n) is 2.16. The van der Waals surface area contributed by atoms with Gasteiger partial charge in [-0.05, 0) is 24.1 Å². The predicted octanol–water partition coefficient (Wildman–Crippen LogP) is 1.24. The molecule has 1 rings (SSSR count). The molecule has 2 nitrogen and oxygen atoms in total. The molecular weight excluding hydrogens is 124 g/mol. The van der Waals surface area contributed by atoms with E-state index in [1.54, 1.807) is 6.20 Å². The van der Waals surface area contributed by atoms with Gasteiger partial charge in [0.15, 0.2) is 0 Å². The molecule has 0 aliphatic heterocycles. The van der Waals surface area contributed by atoms with Crippen LogP contribution in [-0.4, -0.2) is 9.97 Å². The van der Waals surface area contributed by atoms with Crippen molar-refractivity contribution < 1.29 is 0 Å². The lowest BCUT2D eigenvalue weighted by Crippen LogP contribution is -1.81. The van der Waals surface area contributed by atoms with Gasteiger partial charge in [-0.15, -0.1) is 0 Å². The van der Waals surface area contributed by atoms with Gasteiger partial charge in [-0.3, -0.25) is 0 Å². The number of halogens is 1. The SMILES string of the molecule is Cc1[c]nc(Cl)nc1. The average Bonchev–Trinajstić information content (AvgIpc) is 1.77. The minimum absolute atomic E-state index is 0.246. The van der Waals surface area contributed by atoms with E-state index in [1.165, 1.54) is 0 Å². The smallest absolute Gasteiger partial charge is 0.222 e. The minimum Gasteiger partial charge on any atom is -0.226 e. The van der Waals surface area contributed by atoms with Crippen LogP contribution < -0.4 is 0 Å². The molecule has 0 fully saturated rings. The molecule has 0 amide bonds. The Morgan fingerprint density at radius 1 is 1.75 bits per heavy atom. The summed E-state index contributed by atoms with van der Waals surface area (Å²) in [6, 6.07) is 0. The van der Waals surface area contributed by atoms with Gasteiger partial charge < -0.3 is 0 Å². The number of rotatable bonds is 0. The first-order valence-corrected chi connectivity index (χ1v) is 2.53. The molecule has 0 unspecified atom stereocenters. The molecule has 41 valence electrons. The second-order valence-electron chi connectivity index (χ2n) is 1.43. The molecule has 1 aromatic rings. The van der Waals surface area contributed by atoms with Crippen molar-refractivity contribution in [1.29, 1.82) is 0 Å². The molecule has 0 spiro atoms. The third kappa shape index (κ3) is 1.17. The minimum atomic E-state index is 0.246. The fraction of sp³-hybridized carbons (Fsp3) is 0.200. The van der Waals surface area contributed by atoms with Gasteiger partial charge in [-0.2, -0.15) is 0 Å². The summed E-state index contributed by atoms with van der Waals surface area (Å²) in [6.07, 6.45) is 4.28. The molecule has 0 saturated carbocycles. The van der Waals surface area contributed by atoms with E-state index >= 15 is 0 Å². The van der Waals surface area contributed by atoms with Crippen LogP contribution in [0.4, 0.5) is 0 Å². The molecule has 0 aliphatic carbocycles. The third-order valence-electron chi connectivity index (χ3n) is 0.689. The number of nitrogens with zero attached hydrogens (tertiary/aromatic N) is 2. The molecule has 8 heavy (non-hydrogen) atoms. The van der Waals surface area contributed by atoms with Crippen molar-refractivity contribution in [2.45, 2.75) is 6.92 Å². The van der Waals surface area contributed by atoms with Gasteiger partial charge in [-0.1, -0.05) is 0 Å². The van der Waals surface area contributed by atoms with Crippen LogP contribution in [0, 0.1) is 13.1 Å². The van der Waals surface area contributed by atoms with Crippen LogP contribution in [-0.2, 0) is 0 Å².